The van der Waals surface area contributed by atoms with Crippen LogP contribution in [0.25, 0.3) is 26.4 Å². The summed E-state index contributed by atoms with van der Waals surface area (Å²) in [5.74, 6) is 0. The first-order valence-corrected chi connectivity index (χ1v) is 8.11. The molecule has 0 radical (unpaired) electrons. The predicted molar refractivity (Wildman–Crippen MR) is 92.7 cm³/mol. The predicted octanol–water partition coefficient (Wildman–Crippen LogP) is 5.43. The van der Waals surface area contributed by atoms with Crippen molar-refractivity contribution in [2.75, 3.05) is 0 Å². The second kappa shape index (κ2) is 5.19. The molecule has 8 heteroatoms. The number of imidazole rings is 1. The highest BCUT2D eigenvalue weighted by Crippen LogP contribution is 2.33. The molecule has 0 unspecified atom stereocenters. The molecule has 2 aromatic heterocycles. The van der Waals surface area contributed by atoms with Gasteiger partial charge in [0, 0.05) is 23.9 Å². The average Bonchev–Trinajstić information content (AvgIpc) is 3.06. The van der Waals surface area contributed by atoms with Crippen molar-refractivity contribution in [1.82, 2.24) is 9.38 Å². The Balaban J connectivity index is 1.88. The number of thiazole rings is 1. The molecule has 0 bridgehead atoms. The summed E-state index contributed by atoms with van der Waals surface area (Å²) in [7, 11) is 0. The number of halogens is 2. The maximum Gasteiger partial charge on any atom is 0.270 e. The maximum atomic E-state index is 10.9. The molecule has 23 heavy (non-hydrogen) atoms. The van der Waals surface area contributed by atoms with Crippen molar-refractivity contribution in [3.05, 3.63) is 62.8 Å². The van der Waals surface area contributed by atoms with Gasteiger partial charge in [-0.05, 0) is 18.2 Å². The van der Waals surface area contributed by atoms with Gasteiger partial charge in [0.1, 0.15) is 0 Å². The van der Waals surface area contributed by atoms with Gasteiger partial charge in [-0.15, -0.1) is 0 Å². The molecule has 0 aliphatic heterocycles. The molecule has 0 atom stereocenters. The van der Waals surface area contributed by atoms with Crippen LogP contribution in [0.1, 0.15) is 0 Å². The Bertz CT molecular complexity index is 1090. The van der Waals surface area contributed by atoms with Gasteiger partial charge >= 0.3 is 0 Å². The highest BCUT2D eigenvalue weighted by atomic mass is 35.5. The lowest BCUT2D eigenvalue weighted by molar-refractivity contribution is -0.384. The van der Waals surface area contributed by atoms with Crippen LogP contribution in [0.4, 0.5) is 5.69 Å². The van der Waals surface area contributed by atoms with E-state index in [1.54, 1.807) is 24.3 Å². The van der Waals surface area contributed by atoms with Crippen LogP contribution in [0.3, 0.4) is 0 Å². The number of aromatic nitrogens is 2. The van der Waals surface area contributed by atoms with E-state index in [-0.39, 0.29) is 5.69 Å². The summed E-state index contributed by atoms with van der Waals surface area (Å²) in [6.07, 6.45) is 1.89. The summed E-state index contributed by atoms with van der Waals surface area (Å²) >= 11 is 13.4. The lowest BCUT2D eigenvalue weighted by Gasteiger charge is -1.99. The van der Waals surface area contributed by atoms with E-state index in [2.05, 4.69) is 4.98 Å². The van der Waals surface area contributed by atoms with Gasteiger partial charge in [-0.2, -0.15) is 0 Å². The molecule has 0 amide bonds. The molecule has 0 aliphatic rings. The summed E-state index contributed by atoms with van der Waals surface area (Å²) in [5, 5.41) is 11.8. The normalized spacial score (nSPS) is 11.4. The highest BCUT2D eigenvalue weighted by molar-refractivity contribution is 7.23. The zero-order valence-electron chi connectivity index (χ0n) is 11.4. The molecule has 4 rings (SSSR count). The number of hydrogen-bond acceptors (Lipinski definition) is 4. The number of nitro groups is 1. The fourth-order valence-corrected chi connectivity index (χ4v) is 3.74. The lowest BCUT2D eigenvalue weighted by Crippen LogP contribution is -1.86. The van der Waals surface area contributed by atoms with Crippen molar-refractivity contribution < 1.29 is 4.92 Å². The molecular formula is C15H7Cl2N3O2S. The Kier molecular flexibility index (Phi) is 3.26. The molecular weight excluding hydrogens is 357 g/mol. The van der Waals surface area contributed by atoms with Crippen LogP contribution in [0.2, 0.25) is 10.0 Å². The van der Waals surface area contributed by atoms with Crippen molar-refractivity contribution in [2.24, 2.45) is 0 Å². The van der Waals surface area contributed by atoms with Gasteiger partial charge in [-0.25, -0.2) is 4.98 Å². The van der Waals surface area contributed by atoms with Crippen molar-refractivity contribution in [3.8, 4) is 11.3 Å². The van der Waals surface area contributed by atoms with E-state index in [9.17, 15) is 10.1 Å². The lowest BCUT2D eigenvalue weighted by atomic mass is 10.2. The van der Waals surface area contributed by atoms with Crippen LogP contribution in [0.15, 0.2) is 42.6 Å². The summed E-state index contributed by atoms with van der Waals surface area (Å²) in [4.78, 5) is 15.8. The maximum absolute atomic E-state index is 10.9. The number of hydrogen-bond donors (Lipinski definition) is 0. The van der Waals surface area contributed by atoms with Gasteiger partial charge in [-0.1, -0.05) is 40.6 Å². The van der Waals surface area contributed by atoms with Gasteiger partial charge in [0.2, 0.25) is 0 Å². The van der Waals surface area contributed by atoms with E-state index >= 15 is 0 Å². The minimum Gasteiger partial charge on any atom is -0.290 e. The van der Waals surface area contributed by atoms with E-state index in [1.165, 1.54) is 17.4 Å². The second-order valence-electron chi connectivity index (χ2n) is 4.92. The van der Waals surface area contributed by atoms with Gasteiger partial charge in [0.15, 0.2) is 4.96 Å². The van der Waals surface area contributed by atoms with E-state index in [4.69, 9.17) is 23.2 Å². The first-order valence-electron chi connectivity index (χ1n) is 6.54. The molecule has 0 spiro atoms. The van der Waals surface area contributed by atoms with Crippen LogP contribution in [0.5, 0.6) is 0 Å². The quantitative estimate of drug-likeness (QED) is 0.352. The number of nitrogens with zero attached hydrogens (tertiary/aromatic N) is 3. The summed E-state index contributed by atoms with van der Waals surface area (Å²) < 4.78 is 2.74. The number of fused-ring (bicyclic) bond motifs is 3. The molecule has 2 aromatic carbocycles. The molecule has 5 nitrogen and oxygen atoms in total. The third kappa shape index (κ3) is 2.35. The number of nitro benzene ring substituents is 1. The molecule has 4 aromatic rings. The summed E-state index contributed by atoms with van der Waals surface area (Å²) in [6.45, 7) is 0. The molecule has 0 fully saturated rings. The Labute approximate surface area is 143 Å². The fourth-order valence-electron chi connectivity index (χ4n) is 2.40. The molecule has 114 valence electrons. The molecule has 0 N–H and O–H groups in total. The molecule has 0 aliphatic carbocycles. The number of rotatable bonds is 2. The van der Waals surface area contributed by atoms with Gasteiger partial charge < -0.3 is 0 Å². The highest BCUT2D eigenvalue weighted by Gasteiger charge is 2.14. The van der Waals surface area contributed by atoms with Crippen LogP contribution < -0.4 is 0 Å². The number of benzene rings is 2. The van der Waals surface area contributed by atoms with Gasteiger partial charge in [-0.3, -0.25) is 14.5 Å². The Hall–Kier alpha value is -2.15. The summed E-state index contributed by atoms with van der Waals surface area (Å²) in [6, 6.07) is 10.1. The monoisotopic (exact) mass is 363 g/mol. The zero-order valence-corrected chi connectivity index (χ0v) is 13.7. The number of non-ortho nitro benzene ring substituents is 1. The Morgan fingerprint density at radius 2 is 1.96 bits per heavy atom. The molecule has 0 saturated heterocycles. The van der Waals surface area contributed by atoms with Crippen LogP contribution in [-0.4, -0.2) is 14.3 Å². The van der Waals surface area contributed by atoms with Crippen molar-refractivity contribution in [2.45, 2.75) is 0 Å². The Morgan fingerprint density at radius 3 is 2.70 bits per heavy atom. The van der Waals surface area contributed by atoms with Crippen molar-refractivity contribution in [1.29, 1.82) is 0 Å². The molecule has 2 heterocycles. The first kappa shape index (κ1) is 14.4. The van der Waals surface area contributed by atoms with Gasteiger partial charge in [0.25, 0.3) is 5.69 Å². The topological polar surface area (TPSA) is 60.4 Å². The minimum atomic E-state index is -0.400. The molecule has 0 saturated carbocycles. The zero-order chi connectivity index (χ0) is 16.1. The van der Waals surface area contributed by atoms with Crippen LogP contribution in [-0.2, 0) is 0 Å². The third-order valence-electron chi connectivity index (χ3n) is 3.50. The standard InChI is InChI=1S/C15H7Cl2N3O2S/c16-10-3-1-8(5-11(10)17)12-7-19-13-4-2-9(20(21)22)6-14(13)23-15(19)18-12/h1-7H. The van der Waals surface area contributed by atoms with E-state index < -0.39 is 4.92 Å². The minimum absolute atomic E-state index is 0.0757. The van der Waals surface area contributed by atoms with Crippen LogP contribution >= 0.6 is 34.5 Å². The summed E-state index contributed by atoms with van der Waals surface area (Å²) in [5.41, 5.74) is 2.60. The smallest absolute Gasteiger partial charge is 0.270 e. The van der Waals surface area contributed by atoms with E-state index in [1.807, 2.05) is 16.7 Å². The Morgan fingerprint density at radius 1 is 1.13 bits per heavy atom. The average molecular weight is 364 g/mol. The van der Waals surface area contributed by atoms with E-state index in [0.717, 1.165) is 26.4 Å². The van der Waals surface area contributed by atoms with Crippen LogP contribution in [0, 0.1) is 10.1 Å². The third-order valence-corrected chi connectivity index (χ3v) is 5.26. The van der Waals surface area contributed by atoms with Crippen molar-refractivity contribution in [3.63, 3.8) is 0 Å². The second-order valence-corrected chi connectivity index (χ2v) is 6.74. The first-order chi connectivity index (χ1) is 11.0. The van der Waals surface area contributed by atoms with Gasteiger partial charge in [0.05, 0.1) is 30.9 Å². The SMILES string of the molecule is O=[N+]([O-])c1ccc2c(c1)sc1nc(-c3ccc(Cl)c(Cl)c3)cn12. The fraction of sp³-hybridized carbons (Fsp3) is 0. The largest absolute Gasteiger partial charge is 0.290 e. The van der Waals surface area contributed by atoms with E-state index in [0.29, 0.717) is 10.0 Å². The van der Waals surface area contributed by atoms with Crippen molar-refractivity contribution >= 4 is 55.4 Å².